The summed E-state index contributed by atoms with van der Waals surface area (Å²) in [7, 11) is 1.62. The number of anilines is 3. The molecule has 0 saturated heterocycles. The maximum atomic E-state index is 13.8. The monoisotopic (exact) mass is 331 g/mol. The highest BCUT2D eigenvalue weighted by atomic mass is 19.1. The van der Waals surface area contributed by atoms with Gasteiger partial charge in [-0.15, -0.1) is 0 Å². The van der Waals surface area contributed by atoms with E-state index >= 15 is 0 Å². The van der Waals surface area contributed by atoms with Gasteiger partial charge >= 0.3 is 0 Å². The van der Waals surface area contributed by atoms with E-state index in [4.69, 9.17) is 0 Å². The molecule has 122 valence electrons. The third kappa shape index (κ3) is 3.27. The van der Waals surface area contributed by atoms with Crippen LogP contribution in [0.2, 0.25) is 0 Å². The Morgan fingerprint density at radius 2 is 1.75 bits per heavy atom. The number of nitrogens with one attached hydrogen (secondary N) is 2. The standard InChI is InChI=1S/C16H12F3N5/c1-20-16-22-13(9-3-2-4-21-8-9)7-14(24-16)23-15-11(18)5-10(17)6-12(15)19/h2-8H,1H3,(H2,20,22,23,24). The lowest BCUT2D eigenvalue weighted by molar-refractivity contribution is 0.549. The zero-order valence-corrected chi connectivity index (χ0v) is 12.5. The highest BCUT2D eigenvalue weighted by Gasteiger charge is 2.14. The fourth-order valence-electron chi connectivity index (χ4n) is 2.07. The topological polar surface area (TPSA) is 62.7 Å². The summed E-state index contributed by atoms with van der Waals surface area (Å²) in [4.78, 5) is 12.4. The number of hydrogen-bond acceptors (Lipinski definition) is 5. The van der Waals surface area contributed by atoms with Gasteiger partial charge in [0, 0.05) is 43.2 Å². The highest BCUT2D eigenvalue weighted by molar-refractivity contribution is 5.67. The number of nitrogens with zero attached hydrogens (tertiary/aromatic N) is 3. The second-order valence-corrected chi connectivity index (χ2v) is 4.82. The van der Waals surface area contributed by atoms with Gasteiger partial charge in [0.1, 0.15) is 17.3 Å². The minimum absolute atomic E-state index is 0.151. The Labute approximate surface area is 135 Å². The molecule has 2 heterocycles. The summed E-state index contributed by atoms with van der Waals surface area (Å²) in [6.07, 6.45) is 3.22. The quantitative estimate of drug-likeness (QED) is 0.762. The lowest BCUT2D eigenvalue weighted by atomic mass is 10.2. The van der Waals surface area contributed by atoms with Crippen LogP contribution >= 0.6 is 0 Å². The lowest BCUT2D eigenvalue weighted by Gasteiger charge is -2.11. The van der Waals surface area contributed by atoms with Gasteiger partial charge in [0.25, 0.3) is 0 Å². The van der Waals surface area contributed by atoms with E-state index in [1.54, 1.807) is 31.6 Å². The molecule has 0 fully saturated rings. The van der Waals surface area contributed by atoms with E-state index in [1.807, 2.05) is 0 Å². The van der Waals surface area contributed by atoms with Crippen molar-refractivity contribution in [3.05, 3.63) is 60.2 Å². The highest BCUT2D eigenvalue weighted by Crippen LogP contribution is 2.26. The molecule has 2 N–H and O–H groups in total. The van der Waals surface area contributed by atoms with Gasteiger partial charge in [-0.05, 0) is 12.1 Å². The van der Waals surface area contributed by atoms with Crippen molar-refractivity contribution in [2.24, 2.45) is 0 Å². The number of hydrogen-bond donors (Lipinski definition) is 2. The van der Waals surface area contributed by atoms with Crippen molar-refractivity contribution in [3.8, 4) is 11.3 Å². The number of aromatic nitrogens is 3. The average molecular weight is 331 g/mol. The third-order valence-electron chi connectivity index (χ3n) is 3.17. The molecule has 8 heteroatoms. The molecule has 24 heavy (non-hydrogen) atoms. The fourth-order valence-corrected chi connectivity index (χ4v) is 2.07. The van der Waals surface area contributed by atoms with E-state index in [2.05, 4.69) is 25.6 Å². The summed E-state index contributed by atoms with van der Waals surface area (Å²) >= 11 is 0. The maximum Gasteiger partial charge on any atom is 0.224 e. The van der Waals surface area contributed by atoms with E-state index in [-0.39, 0.29) is 11.8 Å². The zero-order chi connectivity index (χ0) is 17.1. The van der Waals surface area contributed by atoms with Crippen molar-refractivity contribution >= 4 is 17.5 Å². The van der Waals surface area contributed by atoms with Crippen molar-refractivity contribution in [2.75, 3.05) is 17.7 Å². The van der Waals surface area contributed by atoms with Gasteiger partial charge in [-0.3, -0.25) is 4.98 Å². The summed E-state index contributed by atoms with van der Waals surface area (Å²) in [5.74, 6) is -2.70. The minimum atomic E-state index is -1.06. The Hall–Kier alpha value is -3.16. The first-order valence-corrected chi connectivity index (χ1v) is 6.95. The molecule has 0 radical (unpaired) electrons. The van der Waals surface area contributed by atoms with Crippen molar-refractivity contribution in [3.63, 3.8) is 0 Å². The third-order valence-corrected chi connectivity index (χ3v) is 3.17. The predicted molar refractivity (Wildman–Crippen MR) is 84.4 cm³/mol. The van der Waals surface area contributed by atoms with Gasteiger partial charge in [0.2, 0.25) is 5.95 Å². The Morgan fingerprint density at radius 3 is 2.38 bits per heavy atom. The van der Waals surface area contributed by atoms with E-state index in [0.29, 0.717) is 23.4 Å². The summed E-state index contributed by atoms with van der Waals surface area (Å²) in [5.41, 5.74) is 0.724. The molecule has 0 aliphatic rings. The molecule has 0 bridgehead atoms. The molecule has 3 aromatic rings. The number of pyridine rings is 1. The van der Waals surface area contributed by atoms with Gasteiger partial charge in [0.05, 0.1) is 5.69 Å². The number of halogens is 3. The molecule has 0 atom stereocenters. The molecule has 0 aliphatic heterocycles. The van der Waals surface area contributed by atoms with E-state index < -0.39 is 23.1 Å². The van der Waals surface area contributed by atoms with Crippen molar-refractivity contribution in [1.29, 1.82) is 0 Å². The second-order valence-electron chi connectivity index (χ2n) is 4.82. The number of rotatable bonds is 4. The first kappa shape index (κ1) is 15.7. The van der Waals surface area contributed by atoms with Crippen LogP contribution in [0, 0.1) is 17.5 Å². The summed E-state index contributed by atoms with van der Waals surface area (Å²) in [6, 6.07) is 6.22. The molecule has 2 aromatic heterocycles. The van der Waals surface area contributed by atoms with Crippen LogP contribution in [0.25, 0.3) is 11.3 Å². The molecule has 0 spiro atoms. The van der Waals surface area contributed by atoms with Gasteiger partial charge in [0.15, 0.2) is 11.6 Å². The second kappa shape index (κ2) is 6.53. The summed E-state index contributed by atoms with van der Waals surface area (Å²) in [5, 5.41) is 5.30. The van der Waals surface area contributed by atoms with Crippen LogP contribution in [0.3, 0.4) is 0 Å². The molecule has 0 unspecified atom stereocenters. The average Bonchev–Trinajstić information content (AvgIpc) is 2.58. The normalized spacial score (nSPS) is 10.5. The Morgan fingerprint density at radius 1 is 1.00 bits per heavy atom. The molecule has 0 aliphatic carbocycles. The van der Waals surface area contributed by atoms with Gasteiger partial charge in [-0.1, -0.05) is 0 Å². The van der Waals surface area contributed by atoms with Crippen molar-refractivity contribution in [2.45, 2.75) is 0 Å². The van der Waals surface area contributed by atoms with Crippen LogP contribution in [-0.2, 0) is 0 Å². The first-order chi connectivity index (χ1) is 11.6. The van der Waals surface area contributed by atoms with Crippen LogP contribution in [0.1, 0.15) is 0 Å². The Kier molecular flexibility index (Phi) is 4.28. The Bertz CT molecular complexity index is 848. The molecule has 0 amide bonds. The van der Waals surface area contributed by atoms with Crippen LogP contribution in [0.5, 0.6) is 0 Å². The molecule has 3 rings (SSSR count). The van der Waals surface area contributed by atoms with Crippen molar-refractivity contribution < 1.29 is 13.2 Å². The molecule has 5 nitrogen and oxygen atoms in total. The predicted octanol–water partition coefficient (Wildman–Crippen LogP) is 3.74. The number of benzene rings is 1. The van der Waals surface area contributed by atoms with Gasteiger partial charge < -0.3 is 10.6 Å². The van der Waals surface area contributed by atoms with Crippen LogP contribution in [-0.4, -0.2) is 22.0 Å². The molecule has 0 saturated carbocycles. The largest absolute Gasteiger partial charge is 0.357 e. The van der Waals surface area contributed by atoms with E-state index in [1.165, 1.54) is 6.07 Å². The van der Waals surface area contributed by atoms with E-state index in [9.17, 15) is 13.2 Å². The van der Waals surface area contributed by atoms with Gasteiger partial charge in [-0.2, -0.15) is 4.98 Å². The molecule has 1 aromatic carbocycles. The lowest BCUT2D eigenvalue weighted by Crippen LogP contribution is -2.04. The van der Waals surface area contributed by atoms with Gasteiger partial charge in [-0.25, -0.2) is 18.2 Å². The summed E-state index contributed by atoms with van der Waals surface area (Å²) in [6.45, 7) is 0. The van der Waals surface area contributed by atoms with E-state index in [0.717, 1.165) is 0 Å². The molecular formula is C16H12F3N5. The smallest absolute Gasteiger partial charge is 0.224 e. The zero-order valence-electron chi connectivity index (χ0n) is 12.5. The SMILES string of the molecule is CNc1nc(Nc2c(F)cc(F)cc2F)cc(-c2cccnc2)n1. The van der Waals surface area contributed by atoms with Crippen molar-refractivity contribution in [1.82, 2.24) is 15.0 Å². The fraction of sp³-hybridized carbons (Fsp3) is 0.0625. The maximum absolute atomic E-state index is 13.8. The molecular weight excluding hydrogens is 319 g/mol. The van der Waals surface area contributed by atoms with Crippen LogP contribution < -0.4 is 10.6 Å². The summed E-state index contributed by atoms with van der Waals surface area (Å²) < 4.78 is 40.6. The first-order valence-electron chi connectivity index (χ1n) is 6.95. The van der Waals surface area contributed by atoms with Crippen LogP contribution in [0.4, 0.5) is 30.6 Å². The Balaban J connectivity index is 2.03. The van der Waals surface area contributed by atoms with Crippen LogP contribution in [0.15, 0.2) is 42.7 Å². The minimum Gasteiger partial charge on any atom is -0.357 e.